The van der Waals surface area contributed by atoms with E-state index in [9.17, 15) is 4.79 Å². The zero-order valence-corrected chi connectivity index (χ0v) is 11.2. The SMILES string of the molecule is CC(C)CC(=O)N1CCC(NCC2CC2)CC1. The van der Waals surface area contributed by atoms with E-state index in [1.807, 2.05) is 0 Å². The highest BCUT2D eigenvalue weighted by Gasteiger charge is 2.25. The van der Waals surface area contributed by atoms with Crippen LogP contribution in [0.25, 0.3) is 0 Å². The van der Waals surface area contributed by atoms with Gasteiger partial charge in [-0.3, -0.25) is 4.79 Å². The number of carbonyl (C=O) groups is 1. The minimum absolute atomic E-state index is 0.348. The maximum absolute atomic E-state index is 11.9. The van der Waals surface area contributed by atoms with Crippen LogP contribution in [0.5, 0.6) is 0 Å². The number of carbonyl (C=O) groups excluding carboxylic acids is 1. The summed E-state index contributed by atoms with van der Waals surface area (Å²) in [6.45, 7) is 7.33. The molecule has 0 unspecified atom stereocenters. The molecule has 2 fully saturated rings. The normalized spacial score (nSPS) is 22.2. The molecule has 1 heterocycles. The molecule has 1 saturated heterocycles. The molecule has 98 valence electrons. The first kappa shape index (κ1) is 12.9. The molecule has 17 heavy (non-hydrogen) atoms. The molecule has 1 amide bonds. The van der Waals surface area contributed by atoms with Crippen LogP contribution in [0.15, 0.2) is 0 Å². The fourth-order valence-electron chi connectivity index (χ4n) is 2.47. The Bertz CT molecular complexity index is 253. The third kappa shape index (κ3) is 4.30. The van der Waals surface area contributed by atoms with Crippen molar-refractivity contribution < 1.29 is 4.79 Å². The standard InChI is InChI=1S/C14H26N2O/c1-11(2)9-14(17)16-7-5-13(6-8-16)15-10-12-3-4-12/h11-13,15H,3-10H2,1-2H3. The maximum Gasteiger partial charge on any atom is 0.222 e. The molecule has 1 saturated carbocycles. The predicted octanol–water partition coefficient (Wildman–Crippen LogP) is 2.02. The van der Waals surface area contributed by atoms with Gasteiger partial charge in [0.2, 0.25) is 5.91 Å². The van der Waals surface area contributed by atoms with Crippen LogP contribution in [0.4, 0.5) is 0 Å². The molecular formula is C14H26N2O. The molecule has 3 heteroatoms. The van der Waals surface area contributed by atoms with Crippen molar-refractivity contribution in [2.75, 3.05) is 19.6 Å². The monoisotopic (exact) mass is 238 g/mol. The zero-order chi connectivity index (χ0) is 12.3. The van der Waals surface area contributed by atoms with Crippen molar-refractivity contribution in [2.24, 2.45) is 11.8 Å². The summed E-state index contributed by atoms with van der Waals surface area (Å²) >= 11 is 0. The second-order valence-electron chi connectivity index (χ2n) is 6.10. The molecule has 1 aliphatic heterocycles. The number of likely N-dealkylation sites (tertiary alicyclic amines) is 1. The Labute approximate surface area is 105 Å². The van der Waals surface area contributed by atoms with Gasteiger partial charge in [-0.05, 0) is 44.1 Å². The van der Waals surface area contributed by atoms with Gasteiger partial charge < -0.3 is 10.2 Å². The first-order valence-corrected chi connectivity index (χ1v) is 7.16. The highest BCUT2D eigenvalue weighted by molar-refractivity contribution is 5.76. The van der Waals surface area contributed by atoms with Crippen LogP contribution in [0, 0.1) is 11.8 Å². The van der Waals surface area contributed by atoms with Crippen LogP contribution >= 0.6 is 0 Å². The molecule has 1 N–H and O–H groups in total. The van der Waals surface area contributed by atoms with E-state index in [0.717, 1.165) is 31.8 Å². The van der Waals surface area contributed by atoms with Gasteiger partial charge >= 0.3 is 0 Å². The number of hydrogen-bond donors (Lipinski definition) is 1. The first-order chi connectivity index (χ1) is 8.15. The molecule has 0 atom stereocenters. The Hall–Kier alpha value is -0.570. The second kappa shape index (κ2) is 5.85. The lowest BCUT2D eigenvalue weighted by atomic mass is 10.0. The lowest BCUT2D eigenvalue weighted by molar-refractivity contribution is -0.133. The van der Waals surface area contributed by atoms with E-state index in [4.69, 9.17) is 0 Å². The maximum atomic E-state index is 11.9. The molecule has 0 aromatic carbocycles. The average molecular weight is 238 g/mol. The average Bonchev–Trinajstić information content (AvgIpc) is 3.10. The smallest absolute Gasteiger partial charge is 0.222 e. The summed E-state index contributed by atoms with van der Waals surface area (Å²) in [5.41, 5.74) is 0. The van der Waals surface area contributed by atoms with Gasteiger partial charge in [0.25, 0.3) is 0 Å². The van der Waals surface area contributed by atoms with Gasteiger partial charge in [0.05, 0.1) is 0 Å². The summed E-state index contributed by atoms with van der Waals surface area (Å²) in [6.07, 6.45) is 5.81. The Morgan fingerprint density at radius 3 is 2.41 bits per heavy atom. The summed E-state index contributed by atoms with van der Waals surface area (Å²) in [7, 11) is 0. The summed E-state index contributed by atoms with van der Waals surface area (Å²) in [5.74, 6) is 1.78. The van der Waals surface area contributed by atoms with Gasteiger partial charge in [0.15, 0.2) is 0 Å². The number of nitrogens with zero attached hydrogens (tertiary/aromatic N) is 1. The number of rotatable bonds is 5. The van der Waals surface area contributed by atoms with Crippen LogP contribution in [-0.4, -0.2) is 36.5 Å². The number of piperidine rings is 1. The Kier molecular flexibility index (Phi) is 4.43. The van der Waals surface area contributed by atoms with E-state index in [1.165, 1.54) is 19.4 Å². The molecule has 0 aromatic heterocycles. The molecule has 0 bridgehead atoms. The zero-order valence-electron chi connectivity index (χ0n) is 11.2. The topological polar surface area (TPSA) is 32.3 Å². The minimum atomic E-state index is 0.348. The van der Waals surface area contributed by atoms with E-state index < -0.39 is 0 Å². The van der Waals surface area contributed by atoms with E-state index in [-0.39, 0.29) is 0 Å². The quantitative estimate of drug-likeness (QED) is 0.795. The van der Waals surface area contributed by atoms with Crippen LogP contribution in [0.1, 0.15) is 46.0 Å². The molecule has 0 aromatic rings. The van der Waals surface area contributed by atoms with Crippen molar-refractivity contribution in [1.29, 1.82) is 0 Å². The Morgan fingerprint density at radius 2 is 1.88 bits per heavy atom. The fourth-order valence-corrected chi connectivity index (χ4v) is 2.47. The minimum Gasteiger partial charge on any atom is -0.343 e. The molecule has 2 rings (SSSR count). The Balaban J connectivity index is 1.64. The molecular weight excluding hydrogens is 212 g/mol. The van der Waals surface area contributed by atoms with Crippen LogP contribution in [0.2, 0.25) is 0 Å². The number of nitrogens with one attached hydrogen (secondary N) is 1. The van der Waals surface area contributed by atoms with Gasteiger partial charge in [0.1, 0.15) is 0 Å². The highest BCUT2D eigenvalue weighted by atomic mass is 16.2. The van der Waals surface area contributed by atoms with Gasteiger partial charge in [-0.25, -0.2) is 0 Å². The number of hydrogen-bond acceptors (Lipinski definition) is 2. The lowest BCUT2D eigenvalue weighted by Gasteiger charge is -2.33. The summed E-state index contributed by atoms with van der Waals surface area (Å²) in [5, 5.41) is 3.65. The summed E-state index contributed by atoms with van der Waals surface area (Å²) in [6, 6.07) is 0.652. The summed E-state index contributed by atoms with van der Waals surface area (Å²) in [4.78, 5) is 13.9. The van der Waals surface area contributed by atoms with Crippen molar-refractivity contribution in [1.82, 2.24) is 10.2 Å². The van der Waals surface area contributed by atoms with Crippen molar-refractivity contribution in [3.8, 4) is 0 Å². The van der Waals surface area contributed by atoms with E-state index >= 15 is 0 Å². The Morgan fingerprint density at radius 1 is 1.24 bits per heavy atom. The number of amides is 1. The third-order valence-corrected chi connectivity index (χ3v) is 3.82. The molecule has 0 spiro atoms. The molecule has 1 aliphatic carbocycles. The van der Waals surface area contributed by atoms with Crippen molar-refractivity contribution >= 4 is 5.91 Å². The third-order valence-electron chi connectivity index (χ3n) is 3.82. The fraction of sp³-hybridized carbons (Fsp3) is 0.929. The highest BCUT2D eigenvalue weighted by Crippen LogP contribution is 2.28. The van der Waals surface area contributed by atoms with Crippen LogP contribution < -0.4 is 5.32 Å². The molecule has 3 nitrogen and oxygen atoms in total. The van der Waals surface area contributed by atoms with E-state index in [2.05, 4.69) is 24.1 Å². The van der Waals surface area contributed by atoms with E-state index in [1.54, 1.807) is 0 Å². The van der Waals surface area contributed by atoms with Crippen molar-refractivity contribution in [3.05, 3.63) is 0 Å². The second-order valence-corrected chi connectivity index (χ2v) is 6.10. The summed E-state index contributed by atoms with van der Waals surface area (Å²) < 4.78 is 0. The van der Waals surface area contributed by atoms with Gasteiger partial charge in [0, 0.05) is 25.6 Å². The lowest BCUT2D eigenvalue weighted by Crippen LogP contribution is -2.45. The largest absolute Gasteiger partial charge is 0.343 e. The van der Waals surface area contributed by atoms with Crippen molar-refractivity contribution in [3.63, 3.8) is 0 Å². The predicted molar refractivity (Wildman–Crippen MR) is 69.8 cm³/mol. The van der Waals surface area contributed by atoms with Gasteiger partial charge in [-0.2, -0.15) is 0 Å². The van der Waals surface area contributed by atoms with Crippen LogP contribution in [0.3, 0.4) is 0 Å². The first-order valence-electron chi connectivity index (χ1n) is 7.16. The van der Waals surface area contributed by atoms with E-state index in [0.29, 0.717) is 24.3 Å². The van der Waals surface area contributed by atoms with Crippen LogP contribution in [-0.2, 0) is 4.79 Å². The van der Waals surface area contributed by atoms with Gasteiger partial charge in [-0.15, -0.1) is 0 Å². The molecule has 0 radical (unpaired) electrons. The van der Waals surface area contributed by atoms with Crippen molar-refractivity contribution in [2.45, 2.75) is 52.0 Å². The molecule has 2 aliphatic rings. The van der Waals surface area contributed by atoms with Gasteiger partial charge in [-0.1, -0.05) is 13.8 Å².